The van der Waals surface area contributed by atoms with Crippen molar-refractivity contribution in [1.82, 2.24) is 15.0 Å². The topological polar surface area (TPSA) is 57.1 Å². The minimum atomic E-state index is -0.713. The van der Waals surface area contributed by atoms with Gasteiger partial charge in [0.2, 0.25) is 0 Å². The summed E-state index contributed by atoms with van der Waals surface area (Å²) in [7, 11) is 0. The molecule has 1 aromatic heterocycles. The molecule has 2 aliphatic heterocycles. The molecule has 65 heavy (non-hydrogen) atoms. The number of ether oxygens (including phenoxy) is 2. The first-order chi connectivity index (χ1) is 32.2. The Labute approximate surface area is 378 Å². The van der Waals surface area contributed by atoms with E-state index in [1.807, 2.05) is 24.3 Å². The first-order valence-corrected chi connectivity index (χ1v) is 22.0. The Bertz CT molecular complexity index is 3110. The van der Waals surface area contributed by atoms with E-state index in [2.05, 4.69) is 213 Å². The maximum Gasteiger partial charge on any atom is 0.167 e. The number of fused-ring (bicyclic) bond motifs is 4. The van der Waals surface area contributed by atoms with Crippen molar-refractivity contribution in [2.24, 2.45) is 0 Å². The number of nitrogens with zero attached hydrogens (tertiary/aromatic N) is 3. The zero-order chi connectivity index (χ0) is 43.4. The van der Waals surface area contributed by atoms with Gasteiger partial charge in [-0.15, -0.1) is 0 Å². The van der Waals surface area contributed by atoms with Crippen molar-refractivity contribution in [2.75, 3.05) is 0 Å². The number of hydrogen-bond donors (Lipinski definition) is 0. The molecule has 0 radical (unpaired) electrons. The predicted molar refractivity (Wildman–Crippen MR) is 258 cm³/mol. The molecule has 0 N–H and O–H groups in total. The first-order valence-electron chi connectivity index (χ1n) is 22.0. The molecule has 2 aliphatic rings. The molecule has 0 aliphatic carbocycles. The minimum absolute atomic E-state index is 0.491. The minimum Gasteiger partial charge on any atom is -0.456 e. The Kier molecular flexibility index (Phi) is 9.09. The van der Waals surface area contributed by atoms with Gasteiger partial charge in [-0.1, -0.05) is 206 Å². The van der Waals surface area contributed by atoms with Crippen molar-refractivity contribution < 1.29 is 9.47 Å². The van der Waals surface area contributed by atoms with Crippen LogP contribution >= 0.6 is 0 Å². The van der Waals surface area contributed by atoms with E-state index in [0.29, 0.717) is 29.0 Å². The number of aryl methyl sites for hydroxylation is 1. The van der Waals surface area contributed by atoms with Crippen LogP contribution in [0.4, 0.5) is 0 Å². The highest BCUT2D eigenvalue weighted by Gasteiger charge is 2.48. The van der Waals surface area contributed by atoms with Crippen molar-refractivity contribution in [3.8, 4) is 57.2 Å². The van der Waals surface area contributed by atoms with Gasteiger partial charge in [-0.25, -0.2) is 15.0 Å². The standard InChI is InChI=1S/C60H41N3O2/c1-40-22-14-15-31-45(40)56-61-57(46-32-20-36-50-54(46)64-52-38-18-16-34-48(52)59(50,41-23-6-2-7-24-41)42-25-8-3-9-26-42)63-58(62-56)47-33-21-37-51-55(47)65-53-39-19-17-35-49(53)60(51,43-27-10-4-11-28-43)44-29-12-5-13-30-44/h2-39H,1H3. The number of aromatic nitrogens is 3. The van der Waals surface area contributed by atoms with Gasteiger partial charge in [0.1, 0.15) is 23.0 Å². The fraction of sp³-hybridized carbons (Fsp3) is 0.0500. The second kappa shape index (κ2) is 15.4. The maximum absolute atomic E-state index is 7.11. The third kappa shape index (κ3) is 5.89. The Morgan fingerprint density at radius 1 is 0.292 bits per heavy atom. The SMILES string of the molecule is Cc1ccccc1-c1nc(-c2cccc3c2Oc2ccccc2C3(c2ccccc2)c2ccccc2)nc(-c2cccc3c2Oc2ccccc2C3(c2ccccc2)c2ccccc2)n1. The van der Waals surface area contributed by atoms with E-state index in [1.54, 1.807) is 0 Å². The molecule has 0 atom stereocenters. The van der Waals surface area contributed by atoms with Gasteiger partial charge in [0, 0.05) is 27.8 Å². The summed E-state index contributed by atoms with van der Waals surface area (Å²) >= 11 is 0. The molecule has 0 saturated carbocycles. The lowest BCUT2D eigenvalue weighted by molar-refractivity contribution is 0.435. The second-order valence-corrected chi connectivity index (χ2v) is 16.6. The van der Waals surface area contributed by atoms with Crippen LogP contribution in [0, 0.1) is 6.92 Å². The number of benzene rings is 9. The number of para-hydroxylation sites is 4. The van der Waals surface area contributed by atoms with Gasteiger partial charge < -0.3 is 9.47 Å². The van der Waals surface area contributed by atoms with E-state index < -0.39 is 10.8 Å². The number of hydrogen-bond acceptors (Lipinski definition) is 5. The highest BCUT2D eigenvalue weighted by atomic mass is 16.5. The average Bonchev–Trinajstić information content (AvgIpc) is 3.38. The van der Waals surface area contributed by atoms with Gasteiger partial charge in [-0.3, -0.25) is 0 Å². The van der Waals surface area contributed by atoms with Gasteiger partial charge >= 0.3 is 0 Å². The Morgan fingerprint density at radius 2 is 0.600 bits per heavy atom. The Hall–Kier alpha value is -8.41. The molecule has 0 fully saturated rings. The van der Waals surface area contributed by atoms with E-state index in [9.17, 15) is 0 Å². The lowest BCUT2D eigenvalue weighted by atomic mass is 9.63. The average molecular weight is 836 g/mol. The molecule has 0 bridgehead atoms. The lowest BCUT2D eigenvalue weighted by Gasteiger charge is -2.42. The summed E-state index contributed by atoms with van der Waals surface area (Å²) in [5.74, 6) is 4.47. The lowest BCUT2D eigenvalue weighted by Crippen LogP contribution is -2.34. The third-order valence-corrected chi connectivity index (χ3v) is 13.2. The number of rotatable bonds is 7. The smallest absolute Gasteiger partial charge is 0.167 e. The zero-order valence-electron chi connectivity index (χ0n) is 35.6. The summed E-state index contributed by atoms with van der Waals surface area (Å²) in [5, 5.41) is 0. The molecule has 0 spiro atoms. The van der Waals surface area contributed by atoms with Crippen LogP contribution in [-0.2, 0) is 10.8 Å². The summed E-state index contributed by atoms with van der Waals surface area (Å²) in [5.41, 5.74) is 10.7. The molecule has 12 rings (SSSR count). The Morgan fingerprint density at radius 3 is 1.00 bits per heavy atom. The molecule has 3 heterocycles. The van der Waals surface area contributed by atoms with E-state index in [1.165, 1.54) is 0 Å². The van der Waals surface area contributed by atoms with Gasteiger partial charge in [0.05, 0.1) is 22.0 Å². The zero-order valence-corrected chi connectivity index (χ0v) is 35.6. The summed E-state index contributed by atoms with van der Waals surface area (Å²) in [6.45, 7) is 2.09. The normalized spacial score (nSPS) is 13.8. The van der Waals surface area contributed by atoms with E-state index in [-0.39, 0.29) is 0 Å². The highest BCUT2D eigenvalue weighted by Crippen LogP contribution is 2.59. The summed E-state index contributed by atoms with van der Waals surface area (Å²) in [6.07, 6.45) is 0. The van der Waals surface area contributed by atoms with Crippen LogP contribution in [0.1, 0.15) is 50.1 Å². The van der Waals surface area contributed by atoms with Gasteiger partial charge in [-0.05, 0) is 59.0 Å². The maximum atomic E-state index is 7.11. The van der Waals surface area contributed by atoms with Crippen LogP contribution in [-0.4, -0.2) is 15.0 Å². The van der Waals surface area contributed by atoms with Crippen LogP contribution < -0.4 is 9.47 Å². The fourth-order valence-electron chi connectivity index (χ4n) is 10.4. The molecule has 0 unspecified atom stereocenters. The van der Waals surface area contributed by atoms with Crippen molar-refractivity contribution >= 4 is 0 Å². The molecular formula is C60H41N3O2. The predicted octanol–water partition coefficient (Wildman–Crippen LogP) is 14.2. The van der Waals surface area contributed by atoms with Gasteiger partial charge in [0.15, 0.2) is 17.5 Å². The van der Waals surface area contributed by atoms with Gasteiger partial charge in [-0.2, -0.15) is 0 Å². The van der Waals surface area contributed by atoms with Crippen LogP contribution in [0.5, 0.6) is 23.0 Å². The van der Waals surface area contributed by atoms with E-state index in [4.69, 9.17) is 24.4 Å². The van der Waals surface area contributed by atoms with E-state index >= 15 is 0 Å². The molecule has 0 amide bonds. The molecular weight excluding hydrogens is 795 g/mol. The summed E-state index contributed by atoms with van der Waals surface area (Å²) < 4.78 is 14.2. The van der Waals surface area contributed by atoms with Gasteiger partial charge in [0.25, 0.3) is 0 Å². The quantitative estimate of drug-likeness (QED) is 0.160. The van der Waals surface area contributed by atoms with Crippen LogP contribution in [0.3, 0.4) is 0 Å². The van der Waals surface area contributed by atoms with Crippen molar-refractivity contribution in [3.05, 3.63) is 281 Å². The highest BCUT2D eigenvalue weighted by molar-refractivity contribution is 5.81. The first kappa shape index (κ1) is 38.3. The summed E-state index contributed by atoms with van der Waals surface area (Å²) in [4.78, 5) is 16.2. The molecule has 0 saturated heterocycles. The molecule has 9 aromatic carbocycles. The molecule has 308 valence electrons. The molecule has 5 heteroatoms. The largest absolute Gasteiger partial charge is 0.456 e. The van der Waals surface area contributed by atoms with Crippen molar-refractivity contribution in [2.45, 2.75) is 17.8 Å². The van der Waals surface area contributed by atoms with Crippen LogP contribution in [0.25, 0.3) is 34.2 Å². The second-order valence-electron chi connectivity index (χ2n) is 16.6. The van der Waals surface area contributed by atoms with Crippen molar-refractivity contribution in [1.29, 1.82) is 0 Å². The Balaban J connectivity index is 1.14. The molecule has 5 nitrogen and oxygen atoms in total. The molecule has 10 aromatic rings. The summed E-state index contributed by atoms with van der Waals surface area (Å²) in [6, 6.07) is 80.5. The third-order valence-electron chi connectivity index (χ3n) is 13.2. The van der Waals surface area contributed by atoms with Crippen LogP contribution in [0.15, 0.2) is 231 Å². The van der Waals surface area contributed by atoms with Crippen molar-refractivity contribution in [3.63, 3.8) is 0 Å². The monoisotopic (exact) mass is 835 g/mol. The van der Waals surface area contributed by atoms with E-state index in [0.717, 1.165) is 78.3 Å². The van der Waals surface area contributed by atoms with Crippen LogP contribution in [0.2, 0.25) is 0 Å². The fourth-order valence-corrected chi connectivity index (χ4v) is 10.4.